The van der Waals surface area contributed by atoms with E-state index in [0.29, 0.717) is 22.6 Å². The van der Waals surface area contributed by atoms with Crippen molar-refractivity contribution in [1.29, 1.82) is 0 Å². The molecule has 2 aromatic rings. The Morgan fingerprint density at radius 3 is 2.37 bits per heavy atom. The maximum atomic E-state index is 12.9. The molecule has 27 heavy (non-hydrogen) atoms. The minimum atomic E-state index is -0.515. The van der Waals surface area contributed by atoms with Crippen LogP contribution in [0, 0.1) is 0 Å². The first-order chi connectivity index (χ1) is 13.1. The molecular weight excluding hydrogens is 344 g/mol. The third-order valence-corrected chi connectivity index (χ3v) is 4.54. The zero-order chi connectivity index (χ0) is 19.2. The standard InChI is InChI=1S/C21H22N2O4/c1-22-17-14-19(27-21(25)15-9-5-3-6-10-15)18(26-2)13-16(17)20(24)23-11-7-4-8-12-23/h3,5-6,9-10,13-14H,1,4,7-8,11-12H2,2H3. The van der Waals surface area contributed by atoms with E-state index in [0.717, 1.165) is 32.4 Å². The van der Waals surface area contributed by atoms with Gasteiger partial charge in [0.15, 0.2) is 11.5 Å². The Morgan fingerprint density at radius 2 is 1.74 bits per heavy atom. The molecule has 1 heterocycles. The number of methoxy groups -OCH3 is 1. The van der Waals surface area contributed by atoms with Crippen LogP contribution < -0.4 is 9.47 Å². The average Bonchev–Trinajstić information content (AvgIpc) is 2.74. The molecule has 0 radical (unpaired) electrons. The number of benzene rings is 2. The molecule has 1 amide bonds. The number of nitrogens with zero attached hydrogens (tertiary/aromatic N) is 2. The van der Waals surface area contributed by atoms with Gasteiger partial charge in [-0.2, -0.15) is 0 Å². The van der Waals surface area contributed by atoms with Crippen molar-refractivity contribution in [1.82, 2.24) is 4.90 Å². The van der Waals surface area contributed by atoms with Crippen LogP contribution in [-0.4, -0.2) is 43.7 Å². The molecule has 0 atom stereocenters. The summed E-state index contributed by atoms with van der Waals surface area (Å²) in [6, 6.07) is 11.7. The summed E-state index contributed by atoms with van der Waals surface area (Å²) in [5.41, 5.74) is 1.17. The number of piperidine rings is 1. The molecule has 0 bridgehead atoms. The van der Waals surface area contributed by atoms with Crippen molar-refractivity contribution in [2.45, 2.75) is 19.3 Å². The number of carbonyl (C=O) groups excluding carboxylic acids is 2. The van der Waals surface area contributed by atoms with Crippen LogP contribution in [0.15, 0.2) is 47.5 Å². The topological polar surface area (TPSA) is 68.2 Å². The van der Waals surface area contributed by atoms with Crippen molar-refractivity contribution in [3.8, 4) is 11.5 Å². The highest BCUT2D eigenvalue weighted by molar-refractivity contribution is 6.00. The van der Waals surface area contributed by atoms with Crippen LogP contribution in [-0.2, 0) is 0 Å². The molecule has 1 fully saturated rings. The van der Waals surface area contributed by atoms with Gasteiger partial charge in [0.25, 0.3) is 5.91 Å². The Kier molecular flexibility index (Phi) is 5.86. The first-order valence-corrected chi connectivity index (χ1v) is 8.89. The van der Waals surface area contributed by atoms with Crippen LogP contribution in [0.4, 0.5) is 5.69 Å². The van der Waals surface area contributed by atoms with Crippen LogP contribution >= 0.6 is 0 Å². The van der Waals surface area contributed by atoms with E-state index in [1.165, 1.54) is 13.2 Å². The quantitative estimate of drug-likeness (QED) is 0.458. The molecule has 0 saturated carbocycles. The summed E-state index contributed by atoms with van der Waals surface area (Å²) in [7, 11) is 1.46. The number of likely N-dealkylation sites (tertiary alicyclic amines) is 1. The first-order valence-electron chi connectivity index (χ1n) is 8.89. The Balaban J connectivity index is 1.91. The van der Waals surface area contributed by atoms with E-state index in [1.807, 2.05) is 11.0 Å². The predicted molar refractivity (Wildman–Crippen MR) is 103 cm³/mol. The third-order valence-electron chi connectivity index (χ3n) is 4.54. The van der Waals surface area contributed by atoms with E-state index in [4.69, 9.17) is 9.47 Å². The Labute approximate surface area is 158 Å². The molecule has 0 N–H and O–H groups in total. The lowest BCUT2D eigenvalue weighted by atomic mass is 10.1. The highest BCUT2D eigenvalue weighted by atomic mass is 16.6. The normalized spacial score (nSPS) is 13.7. The number of ether oxygens (including phenoxy) is 2. The van der Waals surface area contributed by atoms with Crippen molar-refractivity contribution in [3.05, 3.63) is 53.6 Å². The summed E-state index contributed by atoms with van der Waals surface area (Å²) in [5, 5.41) is 0. The van der Waals surface area contributed by atoms with Crippen LogP contribution in [0.5, 0.6) is 11.5 Å². The minimum Gasteiger partial charge on any atom is -0.493 e. The summed E-state index contributed by atoms with van der Waals surface area (Å²) >= 11 is 0. The van der Waals surface area contributed by atoms with Gasteiger partial charge in [0.1, 0.15) is 0 Å². The van der Waals surface area contributed by atoms with Crippen molar-refractivity contribution in [2.75, 3.05) is 20.2 Å². The number of rotatable bonds is 5. The molecule has 6 heteroatoms. The molecule has 1 aliphatic heterocycles. The fraction of sp³-hybridized carbons (Fsp3) is 0.286. The highest BCUT2D eigenvalue weighted by Crippen LogP contribution is 2.36. The largest absolute Gasteiger partial charge is 0.493 e. The molecule has 6 nitrogen and oxygen atoms in total. The zero-order valence-corrected chi connectivity index (χ0v) is 15.3. The van der Waals surface area contributed by atoms with E-state index in [9.17, 15) is 9.59 Å². The molecule has 0 spiro atoms. The van der Waals surface area contributed by atoms with Gasteiger partial charge in [-0.05, 0) is 44.2 Å². The maximum Gasteiger partial charge on any atom is 0.343 e. The summed E-state index contributed by atoms with van der Waals surface area (Å²) in [6.45, 7) is 5.00. The number of aliphatic imine (C=N–C) groups is 1. The predicted octanol–water partition coefficient (Wildman–Crippen LogP) is 3.87. The molecule has 2 aromatic carbocycles. The van der Waals surface area contributed by atoms with Gasteiger partial charge in [0.05, 0.1) is 23.9 Å². The summed E-state index contributed by atoms with van der Waals surface area (Å²) in [5.74, 6) is -0.133. The van der Waals surface area contributed by atoms with Gasteiger partial charge in [0, 0.05) is 19.2 Å². The number of hydrogen-bond acceptors (Lipinski definition) is 5. The second-order valence-electron chi connectivity index (χ2n) is 6.29. The van der Waals surface area contributed by atoms with Crippen LogP contribution in [0.1, 0.15) is 40.0 Å². The summed E-state index contributed by atoms with van der Waals surface area (Å²) < 4.78 is 10.8. The molecule has 1 aliphatic rings. The summed E-state index contributed by atoms with van der Waals surface area (Å²) in [4.78, 5) is 31.0. The van der Waals surface area contributed by atoms with Crippen LogP contribution in [0.2, 0.25) is 0 Å². The lowest BCUT2D eigenvalue weighted by molar-refractivity contribution is 0.0724. The van der Waals surface area contributed by atoms with Crippen molar-refractivity contribution >= 4 is 24.3 Å². The van der Waals surface area contributed by atoms with Gasteiger partial charge in [-0.3, -0.25) is 9.79 Å². The first kappa shape index (κ1) is 18.6. The van der Waals surface area contributed by atoms with Gasteiger partial charge in [-0.25, -0.2) is 4.79 Å². The van der Waals surface area contributed by atoms with E-state index in [1.54, 1.807) is 30.3 Å². The Hall–Kier alpha value is -3.15. The van der Waals surface area contributed by atoms with Gasteiger partial charge in [-0.15, -0.1) is 0 Å². The lowest BCUT2D eigenvalue weighted by Crippen LogP contribution is -2.35. The Bertz CT molecular complexity index is 843. The molecule has 3 rings (SSSR count). The van der Waals surface area contributed by atoms with Gasteiger partial charge >= 0.3 is 5.97 Å². The number of esters is 1. The smallest absolute Gasteiger partial charge is 0.343 e. The average molecular weight is 366 g/mol. The van der Waals surface area contributed by atoms with Crippen LogP contribution in [0.3, 0.4) is 0 Å². The van der Waals surface area contributed by atoms with E-state index in [2.05, 4.69) is 11.7 Å². The Morgan fingerprint density at radius 1 is 1.04 bits per heavy atom. The molecule has 0 unspecified atom stereocenters. The van der Waals surface area contributed by atoms with Crippen LogP contribution in [0.25, 0.3) is 0 Å². The third kappa shape index (κ3) is 4.16. The number of hydrogen-bond donors (Lipinski definition) is 0. The fourth-order valence-electron chi connectivity index (χ4n) is 3.09. The van der Waals surface area contributed by atoms with Gasteiger partial charge in [-0.1, -0.05) is 18.2 Å². The van der Waals surface area contributed by atoms with Gasteiger partial charge in [0.2, 0.25) is 0 Å². The number of amides is 1. The molecular formula is C21H22N2O4. The van der Waals surface area contributed by atoms with Crippen molar-refractivity contribution in [2.24, 2.45) is 4.99 Å². The minimum absolute atomic E-state index is 0.115. The maximum absolute atomic E-state index is 12.9. The van der Waals surface area contributed by atoms with Crippen molar-refractivity contribution < 1.29 is 19.1 Å². The molecule has 1 saturated heterocycles. The summed E-state index contributed by atoms with van der Waals surface area (Å²) in [6.07, 6.45) is 3.12. The van der Waals surface area contributed by atoms with Crippen molar-refractivity contribution in [3.63, 3.8) is 0 Å². The molecule has 140 valence electrons. The second kappa shape index (κ2) is 8.49. The van der Waals surface area contributed by atoms with E-state index < -0.39 is 5.97 Å². The zero-order valence-electron chi connectivity index (χ0n) is 15.3. The lowest BCUT2D eigenvalue weighted by Gasteiger charge is -2.27. The molecule has 0 aliphatic carbocycles. The second-order valence-corrected chi connectivity index (χ2v) is 6.29. The fourth-order valence-corrected chi connectivity index (χ4v) is 3.09. The van der Waals surface area contributed by atoms with E-state index >= 15 is 0 Å². The van der Waals surface area contributed by atoms with Gasteiger partial charge < -0.3 is 14.4 Å². The molecule has 0 aromatic heterocycles. The van der Waals surface area contributed by atoms with E-state index in [-0.39, 0.29) is 11.7 Å². The number of carbonyl (C=O) groups is 2. The highest BCUT2D eigenvalue weighted by Gasteiger charge is 2.24. The monoisotopic (exact) mass is 366 g/mol. The SMILES string of the molecule is C=Nc1cc(OC(=O)c2ccccc2)c(OC)cc1C(=O)N1CCCCC1.